The van der Waals surface area contributed by atoms with Crippen molar-refractivity contribution < 1.29 is 0 Å². The molecule has 0 N–H and O–H groups in total. The normalized spacial score (nSPS) is 10.9. The van der Waals surface area contributed by atoms with Gasteiger partial charge in [0, 0.05) is 0 Å². The van der Waals surface area contributed by atoms with E-state index >= 15 is 0 Å². The van der Waals surface area contributed by atoms with E-state index in [-0.39, 0.29) is 0 Å². The van der Waals surface area contributed by atoms with Crippen LogP contribution in [-0.4, -0.2) is 8.07 Å². The number of nitroso groups, excluding NO2 is 4. The zero-order valence-electron chi connectivity index (χ0n) is 17.2. The van der Waals surface area contributed by atoms with Crippen LogP contribution in [0, 0.1) is 19.6 Å². The first-order valence-corrected chi connectivity index (χ1v) is 11.9. The van der Waals surface area contributed by atoms with Crippen LogP contribution in [0.1, 0.15) is 0 Å². The van der Waals surface area contributed by atoms with Gasteiger partial charge in [-0.1, -0.05) is 48.5 Å². The minimum Gasteiger partial charge on any atom is -0.145 e. The zero-order valence-corrected chi connectivity index (χ0v) is 18.2. The lowest BCUT2D eigenvalue weighted by Crippen LogP contribution is -2.74. The Balaban J connectivity index is 2.09. The number of hydrogen-bond acceptors (Lipinski definition) is 8. The molecule has 0 spiro atoms. The maximum absolute atomic E-state index is 11.0. The average Bonchev–Trinajstić information content (AvgIpc) is 2.90. The predicted molar refractivity (Wildman–Crippen MR) is 132 cm³/mol. The van der Waals surface area contributed by atoms with Crippen molar-refractivity contribution >= 4 is 51.6 Å². The highest BCUT2D eigenvalue weighted by Crippen LogP contribution is 2.18. The number of rotatable bonds is 8. The van der Waals surface area contributed by atoms with Crippen molar-refractivity contribution in [1.29, 1.82) is 0 Å². The molecule has 33 heavy (non-hydrogen) atoms. The Morgan fingerprint density at radius 3 is 0.667 bits per heavy atom. The standard InChI is InChI=1S/C24H16N4O4Si/c29-25-17-1-9-21(10-2-17)33(22-11-3-18(26-30)4-12-22,23-13-5-19(27-31)6-14-23)24-15-7-20(28-32)8-16-24/h1-16H. The third kappa shape index (κ3) is 3.92. The molecule has 0 atom stereocenters. The van der Waals surface area contributed by atoms with Crippen molar-refractivity contribution in [2.24, 2.45) is 20.7 Å². The molecule has 0 unspecified atom stereocenters. The van der Waals surface area contributed by atoms with Gasteiger partial charge in [-0.2, -0.15) is 0 Å². The molecule has 0 aliphatic carbocycles. The Bertz CT molecular complexity index is 1100. The molecule has 4 aromatic carbocycles. The zero-order chi connectivity index (χ0) is 23.3. The summed E-state index contributed by atoms with van der Waals surface area (Å²) < 4.78 is 0. The molecule has 4 aromatic rings. The molecular weight excluding hydrogens is 436 g/mol. The van der Waals surface area contributed by atoms with Crippen molar-refractivity contribution in [2.45, 2.75) is 0 Å². The Hall–Kier alpha value is -4.50. The van der Waals surface area contributed by atoms with Gasteiger partial charge < -0.3 is 0 Å². The fourth-order valence-corrected chi connectivity index (χ4v) is 8.76. The summed E-state index contributed by atoms with van der Waals surface area (Å²) in [6.07, 6.45) is 0. The van der Waals surface area contributed by atoms with Crippen LogP contribution in [0.5, 0.6) is 0 Å². The minimum atomic E-state index is -3.02. The largest absolute Gasteiger partial charge is 0.179 e. The first kappa shape index (κ1) is 21.7. The van der Waals surface area contributed by atoms with Crippen molar-refractivity contribution in [2.75, 3.05) is 0 Å². The second-order valence-electron chi connectivity index (χ2n) is 7.30. The Labute approximate surface area is 189 Å². The summed E-state index contributed by atoms with van der Waals surface area (Å²) in [7, 11) is -3.02. The van der Waals surface area contributed by atoms with E-state index in [1.165, 1.54) is 0 Å². The molecule has 0 aliphatic heterocycles. The van der Waals surface area contributed by atoms with Crippen LogP contribution in [0.3, 0.4) is 0 Å². The van der Waals surface area contributed by atoms with Crippen LogP contribution in [0.2, 0.25) is 0 Å². The van der Waals surface area contributed by atoms with Crippen LogP contribution in [-0.2, 0) is 0 Å². The number of hydrogen-bond donors (Lipinski definition) is 0. The molecule has 160 valence electrons. The summed E-state index contributed by atoms with van der Waals surface area (Å²) in [6.45, 7) is 0. The van der Waals surface area contributed by atoms with Crippen molar-refractivity contribution in [3.8, 4) is 0 Å². The number of nitrogens with zero attached hydrogens (tertiary/aromatic N) is 4. The first-order valence-electron chi connectivity index (χ1n) is 9.91. The molecule has 8 nitrogen and oxygen atoms in total. The Kier molecular flexibility index (Phi) is 6.14. The van der Waals surface area contributed by atoms with Crippen LogP contribution in [0.15, 0.2) is 118 Å². The molecule has 0 radical (unpaired) electrons. The minimum absolute atomic E-state index is 0.295. The summed E-state index contributed by atoms with van der Waals surface area (Å²) in [6, 6.07) is 28.0. The summed E-state index contributed by atoms with van der Waals surface area (Å²) in [5.74, 6) is 0. The van der Waals surface area contributed by atoms with Gasteiger partial charge in [0.15, 0.2) is 8.07 Å². The fourth-order valence-electron chi connectivity index (χ4n) is 4.09. The second-order valence-corrected chi connectivity index (χ2v) is 11.1. The smallest absolute Gasteiger partial charge is 0.145 e. The van der Waals surface area contributed by atoms with Gasteiger partial charge in [-0.05, 0) is 90.0 Å². The van der Waals surface area contributed by atoms with Crippen LogP contribution in [0.4, 0.5) is 22.7 Å². The van der Waals surface area contributed by atoms with Crippen LogP contribution in [0.25, 0.3) is 0 Å². The molecule has 0 bridgehead atoms. The highest BCUT2D eigenvalue weighted by Gasteiger charge is 2.41. The third-order valence-corrected chi connectivity index (χ3v) is 10.4. The van der Waals surface area contributed by atoms with E-state index in [4.69, 9.17) is 0 Å². The van der Waals surface area contributed by atoms with Gasteiger partial charge in [0.2, 0.25) is 0 Å². The lowest BCUT2D eigenvalue weighted by Gasteiger charge is -2.34. The fraction of sp³-hybridized carbons (Fsp3) is 0. The lowest BCUT2D eigenvalue weighted by molar-refractivity contribution is 1.49. The first-order chi connectivity index (χ1) is 16.1. The van der Waals surface area contributed by atoms with E-state index in [0.29, 0.717) is 22.7 Å². The molecule has 0 aromatic heterocycles. The molecule has 0 saturated carbocycles. The van der Waals surface area contributed by atoms with E-state index in [1.54, 1.807) is 48.5 Å². The van der Waals surface area contributed by atoms with E-state index in [1.807, 2.05) is 48.5 Å². The summed E-state index contributed by atoms with van der Waals surface area (Å²) in [5, 5.41) is 15.7. The maximum Gasteiger partial charge on any atom is 0.179 e. The SMILES string of the molecule is O=Nc1ccc([Si](c2ccc(N=O)cc2)(c2ccc(N=O)cc2)c2ccc(N=O)cc2)cc1. The maximum atomic E-state index is 11.0. The highest BCUT2D eigenvalue weighted by atomic mass is 28.3. The molecular formula is C24H16N4O4Si. The molecule has 0 saturated heterocycles. The molecule has 0 fully saturated rings. The molecule has 0 aliphatic rings. The van der Waals surface area contributed by atoms with Gasteiger partial charge >= 0.3 is 0 Å². The van der Waals surface area contributed by atoms with Gasteiger partial charge in [0.05, 0.1) is 0 Å². The second kappa shape index (κ2) is 9.33. The van der Waals surface area contributed by atoms with E-state index < -0.39 is 8.07 Å². The van der Waals surface area contributed by atoms with Crippen LogP contribution < -0.4 is 20.7 Å². The monoisotopic (exact) mass is 452 g/mol. The summed E-state index contributed by atoms with van der Waals surface area (Å²) in [4.78, 5) is 44.1. The van der Waals surface area contributed by atoms with Crippen LogP contribution >= 0.6 is 0 Å². The van der Waals surface area contributed by atoms with Crippen molar-refractivity contribution in [1.82, 2.24) is 0 Å². The lowest BCUT2D eigenvalue weighted by atomic mass is 10.3. The van der Waals surface area contributed by atoms with Gasteiger partial charge in [-0.15, -0.1) is 19.6 Å². The van der Waals surface area contributed by atoms with Gasteiger partial charge in [0.1, 0.15) is 22.7 Å². The van der Waals surface area contributed by atoms with Gasteiger partial charge in [0.25, 0.3) is 0 Å². The Morgan fingerprint density at radius 2 is 0.515 bits per heavy atom. The predicted octanol–water partition coefficient (Wildman–Crippen LogP) is 4.66. The van der Waals surface area contributed by atoms with Crippen molar-refractivity contribution in [3.05, 3.63) is 117 Å². The third-order valence-electron chi connectivity index (χ3n) is 5.62. The van der Waals surface area contributed by atoms with Gasteiger partial charge in [-0.25, -0.2) is 0 Å². The summed E-state index contributed by atoms with van der Waals surface area (Å²) in [5.41, 5.74) is 1.18. The molecule has 0 amide bonds. The molecule has 9 heteroatoms. The molecule has 4 rings (SSSR count). The van der Waals surface area contributed by atoms with Crippen molar-refractivity contribution in [3.63, 3.8) is 0 Å². The number of benzene rings is 4. The quantitative estimate of drug-likeness (QED) is 0.219. The average molecular weight is 453 g/mol. The summed E-state index contributed by atoms with van der Waals surface area (Å²) >= 11 is 0. The van der Waals surface area contributed by atoms with Gasteiger partial charge in [-0.3, -0.25) is 0 Å². The Morgan fingerprint density at radius 1 is 0.333 bits per heavy atom. The topological polar surface area (TPSA) is 118 Å². The highest BCUT2D eigenvalue weighted by molar-refractivity contribution is 7.19. The molecule has 0 heterocycles. The van der Waals surface area contributed by atoms with E-state index in [0.717, 1.165) is 20.7 Å². The van der Waals surface area contributed by atoms with E-state index in [9.17, 15) is 19.6 Å². The van der Waals surface area contributed by atoms with E-state index in [2.05, 4.69) is 20.7 Å².